The number of rotatable bonds is 3. The number of hydrogen-bond donors (Lipinski definition) is 2. The monoisotopic (exact) mass is 184 g/mol. The maximum atomic E-state index is 5.43. The molecular weight excluding hydrogens is 172 g/mol. The lowest BCUT2D eigenvalue weighted by Gasteiger charge is -2.01. The van der Waals surface area contributed by atoms with Crippen molar-refractivity contribution in [1.29, 1.82) is 0 Å². The Balaban J connectivity index is 2.19. The molecule has 1 rings (SSSR count). The molecule has 0 aromatic carbocycles. The van der Waals surface area contributed by atoms with E-state index in [4.69, 9.17) is 5.73 Å². The maximum absolute atomic E-state index is 5.43. The van der Waals surface area contributed by atoms with Gasteiger partial charge in [0.1, 0.15) is 0 Å². The molecule has 12 heavy (non-hydrogen) atoms. The zero-order valence-corrected chi connectivity index (χ0v) is 7.77. The molecule has 0 aliphatic carbocycles. The fourth-order valence-electron chi connectivity index (χ4n) is 0.759. The van der Waals surface area contributed by atoms with Gasteiger partial charge in [0.2, 0.25) is 0 Å². The number of nitrogens with one attached hydrogen (secondary N) is 1. The molecule has 0 saturated carbocycles. The number of aliphatic imine (C=N–C) groups is 1. The van der Waals surface area contributed by atoms with Crippen LogP contribution in [0.3, 0.4) is 0 Å². The molecule has 0 aliphatic heterocycles. The molecular formula is C7H12N4S. The summed E-state index contributed by atoms with van der Waals surface area (Å²) in [6, 6.07) is 0. The van der Waals surface area contributed by atoms with E-state index in [-0.39, 0.29) is 0 Å². The van der Waals surface area contributed by atoms with E-state index >= 15 is 0 Å². The van der Waals surface area contributed by atoms with Gasteiger partial charge in [-0.25, -0.2) is 4.98 Å². The predicted octanol–water partition coefficient (Wildman–Crippen LogP) is 0.220. The Kier molecular flexibility index (Phi) is 3.53. The molecule has 0 spiro atoms. The van der Waals surface area contributed by atoms with Crippen LogP contribution in [-0.4, -0.2) is 24.5 Å². The van der Waals surface area contributed by atoms with Crippen LogP contribution in [0.2, 0.25) is 0 Å². The van der Waals surface area contributed by atoms with Gasteiger partial charge >= 0.3 is 0 Å². The number of aromatic nitrogens is 1. The molecule has 66 valence electrons. The molecule has 0 radical (unpaired) electrons. The number of hydrogen-bond acceptors (Lipinski definition) is 3. The van der Waals surface area contributed by atoms with Gasteiger partial charge in [-0.2, -0.15) is 0 Å². The van der Waals surface area contributed by atoms with Gasteiger partial charge in [-0.05, 0) is 0 Å². The first-order chi connectivity index (χ1) is 5.83. The van der Waals surface area contributed by atoms with Gasteiger partial charge in [0.15, 0.2) is 5.96 Å². The topological polar surface area (TPSA) is 63.3 Å². The highest BCUT2D eigenvalue weighted by molar-refractivity contribution is 7.07. The van der Waals surface area contributed by atoms with Gasteiger partial charge in [0.05, 0.1) is 11.2 Å². The SMILES string of the molecule is CN=C(N)NCCc1cscn1. The van der Waals surface area contributed by atoms with Crippen LogP contribution in [0.15, 0.2) is 15.9 Å². The van der Waals surface area contributed by atoms with Crippen molar-refractivity contribution in [2.24, 2.45) is 10.7 Å². The Morgan fingerprint density at radius 2 is 2.67 bits per heavy atom. The maximum Gasteiger partial charge on any atom is 0.188 e. The summed E-state index contributed by atoms with van der Waals surface area (Å²) in [4.78, 5) is 7.91. The standard InChI is InChI=1S/C7H12N4S/c1-9-7(8)10-3-2-6-4-12-5-11-6/h4-5H,2-3H2,1H3,(H3,8,9,10). The van der Waals surface area contributed by atoms with E-state index in [1.807, 2.05) is 10.9 Å². The Morgan fingerprint density at radius 3 is 3.25 bits per heavy atom. The van der Waals surface area contributed by atoms with Gasteiger partial charge in [-0.3, -0.25) is 4.99 Å². The summed E-state index contributed by atoms with van der Waals surface area (Å²) in [5, 5.41) is 4.99. The van der Waals surface area contributed by atoms with Gasteiger partial charge in [0.25, 0.3) is 0 Å². The molecule has 0 unspecified atom stereocenters. The lowest BCUT2D eigenvalue weighted by atomic mass is 10.3. The van der Waals surface area contributed by atoms with Crippen LogP contribution >= 0.6 is 11.3 Å². The molecule has 0 atom stereocenters. The van der Waals surface area contributed by atoms with Crippen LogP contribution in [-0.2, 0) is 6.42 Å². The van der Waals surface area contributed by atoms with E-state index in [1.54, 1.807) is 18.4 Å². The highest BCUT2D eigenvalue weighted by Crippen LogP contribution is 2.00. The second-order valence-electron chi connectivity index (χ2n) is 2.27. The van der Waals surface area contributed by atoms with Crippen LogP contribution in [0, 0.1) is 0 Å². The Bertz CT molecular complexity index is 242. The fourth-order valence-corrected chi connectivity index (χ4v) is 1.35. The Labute approximate surface area is 75.5 Å². The first kappa shape index (κ1) is 8.99. The summed E-state index contributed by atoms with van der Waals surface area (Å²) >= 11 is 1.60. The number of nitrogens with zero attached hydrogens (tertiary/aromatic N) is 2. The van der Waals surface area contributed by atoms with Crippen molar-refractivity contribution in [2.75, 3.05) is 13.6 Å². The van der Waals surface area contributed by atoms with Crippen LogP contribution in [0.4, 0.5) is 0 Å². The molecule has 0 saturated heterocycles. The summed E-state index contributed by atoms with van der Waals surface area (Å²) in [6.07, 6.45) is 0.889. The smallest absolute Gasteiger partial charge is 0.188 e. The van der Waals surface area contributed by atoms with Gasteiger partial charge in [-0.1, -0.05) is 0 Å². The van der Waals surface area contributed by atoms with Gasteiger partial charge in [0, 0.05) is 25.4 Å². The lowest BCUT2D eigenvalue weighted by Crippen LogP contribution is -2.32. The first-order valence-electron chi connectivity index (χ1n) is 3.66. The van der Waals surface area contributed by atoms with Gasteiger partial charge in [-0.15, -0.1) is 11.3 Å². The van der Waals surface area contributed by atoms with Crippen molar-refractivity contribution in [3.8, 4) is 0 Å². The fraction of sp³-hybridized carbons (Fsp3) is 0.429. The quantitative estimate of drug-likeness (QED) is 0.522. The highest BCUT2D eigenvalue weighted by Gasteiger charge is 1.94. The highest BCUT2D eigenvalue weighted by atomic mass is 32.1. The summed E-state index contributed by atoms with van der Waals surface area (Å²) in [5.74, 6) is 0.477. The summed E-state index contributed by atoms with van der Waals surface area (Å²) < 4.78 is 0. The van der Waals surface area contributed by atoms with Crippen LogP contribution < -0.4 is 11.1 Å². The second kappa shape index (κ2) is 4.71. The van der Waals surface area contributed by atoms with Crippen molar-refractivity contribution in [3.63, 3.8) is 0 Å². The van der Waals surface area contributed by atoms with Crippen LogP contribution in [0.1, 0.15) is 5.69 Å². The minimum absolute atomic E-state index is 0.477. The molecule has 1 aromatic heterocycles. The molecule has 1 aromatic rings. The second-order valence-corrected chi connectivity index (χ2v) is 2.98. The minimum atomic E-state index is 0.477. The third-order valence-electron chi connectivity index (χ3n) is 1.41. The minimum Gasteiger partial charge on any atom is -0.370 e. The Morgan fingerprint density at radius 1 is 1.83 bits per heavy atom. The van der Waals surface area contributed by atoms with E-state index in [0.29, 0.717) is 5.96 Å². The van der Waals surface area contributed by atoms with Crippen molar-refractivity contribution in [2.45, 2.75) is 6.42 Å². The molecule has 5 heteroatoms. The normalized spacial score (nSPS) is 11.6. The molecule has 1 heterocycles. The number of nitrogens with two attached hydrogens (primary N) is 1. The predicted molar refractivity (Wildman–Crippen MR) is 51.4 cm³/mol. The van der Waals surface area contributed by atoms with Gasteiger partial charge < -0.3 is 11.1 Å². The largest absolute Gasteiger partial charge is 0.370 e. The number of thiazole rings is 1. The molecule has 0 fully saturated rings. The van der Waals surface area contributed by atoms with E-state index in [9.17, 15) is 0 Å². The van der Waals surface area contributed by atoms with Crippen molar-refractivity contribution in [3.05, 3.63) is 16.6 Å². The third kappa shape index (κ3) is 2.87. The third-order valence-corrected chi connectivity index (χ3v) is 2.05. The molecule has 4 nitrogen and oxygen atoms in total. The summed E-state index contributed by atoms with van der Waals surface area (Å²) in [5.41, 5.74) is 8.35. The summed E-state index contributed by atoms with van der Waals surface area (Å²) in [7, 11) is 1.66. The molecule has 0 amide bonds. The zero-order valence-electron chi connectivity index (χ0n) is 6.95. The average molecular weight is 184 g/mol. The van der Waals surface area contributed by atoms with Crippen molar-refractivity contribution < 1.29 is 0 Å². The molecule has 0 aliphatic rings. The van der Waals surface area contributed by atoms with E-state index < -0.39 is 0 Å². The average Bonchev–Trinajstić information content (AvgIpc) is 2.57. The van der Waals surface area contributed by atoms with E-state index in [0.717, 1.165) is 18.7 Å². The summed E-state index contributed by atoms with van der Waals surface area (Å²) in [6.45, 7) is 0.785. The lowest BCUT2D eigenvalue weighted by molar-refractivity contribution is 0.840. The first-order valence-corrected chi connectivity index (χ1v) is 4.60. The van der Waals surface area contributed by atoms with Crippen molar-refractivity contribution >= 4 is 17.3 Å². The zero-order chi connectivity index (χ0) is 8.81. The van der Waals surface area contributed by atoms with E-state index in [2.05, 4.69) is 15.3 Å². The Hall–Kier alpha value is -1.10. The van der Waals surface area contributed by atoms with Crippen molar-refractivity contribution in [1.82, 2.24) is 10.3 Å². The van der Waals surface area contributed by atoms with Crippen LogP contribution in [0.25, 0.3) is 0 Å². The molecule has 3 N–H and O–H groups in total. The number of guanidine groups is 1. The van der Waals surface area contributed by atoms with Crippen LogP contribution in [0.5, 0.6) is 0 Å². The molecule has 0 bridgehead atoms. The van der Waals surface area contributed by atoms with E-state index in [1.165, 1.54) is 0 Å².